The van der Waals surface area contributed by atoms with Gasteiger partial charge in [0.15, 0.2) is 11.5 Å². The smallest absolute Gasteiger partial charge is 0.180 e. The van der Waals surface area contributed by atoms with Crippen molar-refractivity contribution >= 4 is 22.5 Å². The van der Waals surface area contributed by atoms with Crippen LogP contribution in [0, 0.1) is 5.82 Å². The van der Waals surface area contributed by atoms with Crippen molar-refractivity contribution in [1.29, 1.82) is 0 Å². The number of aromatic nitrogens is 4. The summed E-state index contributed by atoms with van der Waals surface area (Å²) in [4.78, 5) is 22.8. The number of nitrogens with zero attached hydrogens (tertiary/aromatic N) is 6. The molecule has 1 fully saturated rings. The average molecular weight is 432 g/mol. The molecule has 0 atom stereocenters. The minimum atomic E-state index is -0.321. The zero-order valence-electron chi connectivity index (χ0n) is 18.3. The van der Waals surface area contributed by atoms with E-state index in [1.54, 1.807) is 0 Å². The Balaban J connectivity index is 1.38. The summed E-state index contributed by atoms with van der Waals surface area (Å²) in [6.45, 7) is 4.08. The highest BCUT2D eigenvalue weighted by Gasteiger charge is 2.24. The summed E-state index contributed by atoms with van der Waals surface area (Å²) < 4.78 is 14.9. The number of nitrogens with one attached hydrogen (secondary N) is 1. The molecule has 8 heteroatoms. The second-order valence-corrected chi connectivity index (χ2v) is 8.30. The summed E-state index contributed by atoms with van der Waals surface area (Å²) >= 11 is 0. The van der Waals surface area contributed by atoms with Crippen molar-refractivity contribution in [3.8, 4) is 11.4 Å². The van der Waals surface area contributed by atoms with Gasteiger partial charge in [0.1, 0.15) is 17.0 Å². The van der Waals surface area contributed by atoms with Crippen LogP contribution in [0.2, 0.25) is 0 Å². The maximum atomic E-state index is 14.9. The van der Waals surface area contributed by atoms with Crippen molar-refractivity contribution in [2.45, 2.75) is 6.54 Å². The van der Waals surface area contributed by atoms with E-state index in [-0.39, 0.29) is 5.82 Å². The highest BCUT2D eigenvalue weighted by Crippen LogP contribution is 2.31. The van der Waals surface area contributed by atoms with Crippen molar-refractivity contribution in [3.05, 3.63) is 66.4 Å². The third-order valence-corrected chi connectivity index (χ3v) is 5.95. The molecule has 1 N–H and O–H groups in total. The Hall–Kier alpha value is -3.52. The molecular weight excluding hydrogens is 405 g/mol. The molecule has 0 spiro atoms. The van der Waals surface area contributed by atoms with Gasteiger partial charge in [-0.1, -0.05) is 0 Å². The number of H-pyrrole nitrogens is 1. The van der Waals surface area contributed by atoms with Crippen molar-refractivity contribution in [1.82, 2.24) is 24.8 Å². The van der Waals surface area contributed by atoms with E-state index in [4.69, 9.17) is 0 Å². The summed E-state index contributed by atoms with van der Waals surface area (Å²) in [5.41, 5.74) is 5.04. The van der Waals surface area contributed by atoms with Crippen LogP contribution in [0.1, 0.15) is 5.56 Å². The highest BCUT2D eigenvalue weighted by atomic mass is 19.1. The first-order valence-electron chi connectivity index (χ1n) is 10.8. The maximum Gasteiger partial charge on any atom is 0.180 e. The quantitative estimate of drug-likeness (QED) is 0.521. The van der Waals surface area contributed by atoms with Crippen molar-refractivity contribution in [2.24, 2.45) is 0 Å². The van der Waals surface area contributed by atoms with Crippen LogP contribution in [0.15, 0.2) is 55.0 Å². The lowest BCUT2D eigenvalue weighted by molar-refractivity contribution is 0.249. The summed E-state index contributed by atoms with van der Waals surface area (Å²) in [5, 5.41) is 0. The predicted molar refractivity (Wildman–Crippen MR) is 125 cm³/mol. The van der Waals surface area contributed by atoms with Gasteiger partial charge in [0.05, 0.1) is 6.20 Å². The topological polar surface area (TPSA) is 64.2 Å². The van der Waals surface area contributed by atoms with Crippen LogP contribution in [0.5, 0.6) is 0 Å². The summed E-state index contributed by atoms with van der Waals surface area (Å²) in [5.74, 6) is 0.374. The van der Waals surface area contributed by atoms with Crippen LogP contribution in [0.25, 0.3) is 22.6 Å². The number of benzene rings is 1. The molecule has 4 heterocycles. The molecular formula is C24H26FN7. The van der Waals surface area contributed by atoms with E-state index < -0.39 is 0 Å². The standard InChI is InChI=1S/C24H26FN7/c1-30(2)19-5-3-18(4-6-19)23-28-21-22(20(25)15-27-24(21)29-23)32-13-11-31(12-14-32)16-17-7-9-26-10-8-17/h3-10,15H,11-14,16H2,1-2H3,(H,27,28,29). The number of hydrogen-bond acceptors (Lipinski definition) is 6. The molecule has 4 aromatic rings. The van der Waals surface area contributed by atoms with E-state index in [0.717, 1.165) is 44.0 Å². The molecule has 7 nitrogen and oxygen atoms in total. The molecule has 1 aliphatic heterocycles. The maximum absolute atomic E-state index is 14.9. The molecule has 164 valence electrons. The molecule has 0 saturated carbocycles. The van der Waals surface area contributed by atoms with Gasteiger partial charge in [0.2, 0.25) is 0 Å². The van der Waals surface area contributed by atoms with Crippen LogP contribution in [-0.4, -0.2) is 65.1 Å². The Kier molecular flexibility index (Phi) is 5.45. The van der Waals surface area contributed by atoms with Gasteiger partial charge in [-0.25, -0.2) is 14.4 Å². The zero-order chi connectivity index (χ0) is 22.1. The number of fused-ring (bicyclic) bond motifs is 1. The number of piperazine rings is 1. The van der Waals surface area contributed by atoms with Gasteiger partial charge in [0, 0.05) is 70.5 Å². The molecule has 1 aliphatic rings. The van der Waals surface area contributed by atoms with Gasteiger partial charge in [0.25, 0.3) is 0 Å². The lowest BCUT2D eigenvalue weighted by atomic mass is 10.2. The fourth-order valence-corrected chi connectivity index (χ4v) is 4.16. The first kappa shape index (κ1) is 20.4. The molecule has 32 heavy (non-hydrogen) atoms. The van der Waals surface area contributed by atoms with E-state index >= 15 is 0 Å². The molecule has 1 aromatic carbocycles. The normalized spacial score (nSPS) is 14.8. The van der Waals surface area contributed by atoms with Gasteiger partial charge in [-0.15, -0.1) is 0 Å². The summed E-state index contributed by atoms with van der Waals surface area (Å²) in [6.07, 6.45) is 4.91. The lowest BCUT2D eigenvalue weighted by Gasteiger charge is -2.36. The van der Waals surface area contributed by atoms with Gasteiger partial charge in [-0.3, -0.25) is 9.88 Å². The Morgan fingerprint density at radius 3 is 2.41 bits per heavy atom. The fourth-order valence-electron chi connectivity index (χ4n) is 4.16. The first-order chi connectivity index (χ1) is 15.6. The predicted octanol–water partition coefficient (Wildman–Crippen LogP) is 3.55. The second kappa shape index (κ2) is 8.55. The number of aromatic amines is 1. The largest absolute Gasteiger partial charge is 0.378 e. The summed E-state index contributed by atoms with van der Waals surface area (Å²) in [7, 11) is 4.01. The zero-order valence-corrected chi connectivity index (χ0v) is 18.3. The SMILES string of the molecule is CN(C)c1ccc(-c2nc3ncc(F)c(N4CCN(Cc5ccncc5)CC4)c3[nH]2)cc1. The number of pyridine rings is 2. The molecule has 0 radical (unpaired) electrons. The lowest BCUT2D eigenvalue weighted by Crippen LogP contribution is -2.46. The van der Waals surface area contributed by atoms with Crippen molar-refractivity contribution < 1.29 is 4.39 Å². The number of imidazole rings is 1. The number of hydrogen-bond donors (Lipinski definition) is 1. The third-order valence-electron chi connectivity index (χ3n) is 5.95. The van der Waals surface area contributed by atoms with E-state index in [2.05, 4.69) is 29.7 Å². The Bertz CT molecular complexity index is 1200. The second-order valence-electron chi connectivity index (χ2n) is 8.30. The molecule has 0 amide bonds. The van der Waals surface area contributed by atoms with E-state index in [9.17, 15) is 4.39 Å². The molecule has 3 aromatic heterocycles. The minimum Gasteiger partial charge on any atom is -0.378 e. The number of anilines is 2. The minimum absolute atomic E-state index is 0.321. The number of rotatable bonds is 5. The Labute approximate surface area is 186 Å². The molecule has 1 saturated heterocycles. The Morgan fingerprint density at radius 1 is 1.00 bits per heavy atom. The first-order valence-corrected chi connectivity index (χ1v) is 10.8. The molecule has 0 aliphatic carbocycles. The van der Waals surface area contributed by atoms with Crippen LogP contribution in [-0.2, 0) is 6.54 Å². The van der Waals surface area contributed by atoms with Crippen LogP contribution in [0.4, 0.5) is 15.8 Å². The molecule has 0 unspecified atom stereocenters. The number of halogens is 1. The monoisotopic (exact) mass is 431 g/mol. The van der Waals surface area contributed by atoms with Crippen molar-refractivity contribution in [2.75, 3.05) is 50.1 Å². The summed E-state index contributed by atoms with van der Waals surface area (Å²) in [6, 6.07) is 12.2. The highest BCUT2D eigenvalue weighted by molar-refractivity contribution is 5.88. The third kappa shape index (κ3) is 4.01. The van der Waals surface area contributed by atoms with Gasteiger partial charge in [-0.05, 0) is 42.0 Å². The molecule has 5 rings (SSSR count). The van der Waals surface area contributed by atoms with E-state index in [0.29, 0.717) is 22.7 Å². The Morgan fingerprint density at radius 2 is 1.72 bits per heavy atom. The van der Waals surface area contributed by atoms with Crippen LogP contribution < -0.4 is 9.80 Å². The van der Waals surface area contributed by atoms with Gasteiger partial charge in [-0.2, -0.15) is 0 Å². The van der Waals surface area contributed by atoms with Crippen LogP contribution >= 0.6 is 0 Å². The van der Waals surface area contributed by atoms with E-state index in [1.165, 1.54) is 11.8 Å². The molecule has 0 bridgehead atoms. The van der Waals surface area contributed by atoms with Crippen molar-refractivity contribution in [3.63, 3.8) is 0 Å². The van der Waals surface area contributed by atoms with Gasteiger partial charge >= 0.3 is 0 Å². The van der Waals surface area contributed by atoms with Gasteiger partial charge < -0.3 is 14.8 Å². The fraction of sp³-hybridized carbons (Fsp3) is 0.292. The van der Waals surface area contributed by atoms with Crippen LogP contribution in [0.3, 0.4) is 0 Å². The average Bonchev–Trinajstić information content (AvgIpc) is 3.25. The van der Waals surface area contributed by atoms with E-state index in [1.807, 2.05) is 67.8 Å².